The molecule has 0 spiro atoms. The average molecular weight is 473 g/mol. The Morgan fingerprint density at radius 1 is 1.00 bits per heavy atom. The molecule has 0 radical (unpaired) electrons. The Labute approximate surface area is 208 Å². The van der Waals surface area contributed by atoms with Crippen LogP contribution in [-0.4, -0.2) is 22.1 Å². The van der Waals surface area contributed by atoms with E-state index in [4.69, 9.17) is 4.74 Å². The molecule has 2 N–H and O–H groups in total. The van der Waals surface area contributed by atoms with Crippen LogP contribution in [-0.2, 0) is 11.2 Å². The van der Waals surface area contributed by atoms with Gasteiger partial charge in [-0.3, -0.25) is 4.79 Å². The Balaban J connectivity index is 1.61. The standard InChI is InChI=1S/C31H36O4/c1-2-3-4-5-6-11-29(33)28(24-14-13-23-15-16-26(32)21-25(23)20-24)18-22-12-17-30(34)31(19-22)35-27-9-7-8-10-27/h6,11-17,19-21,27-28,32,34H,2-5,7-10,18H2,1H3. The molecule has 0 amide bonds. The van der Waals surface area contributed by atoms with Crippen LogP contribution in [0.25, 0.3) is 10.8 Å². The molecule has 4 heteroatoms. The number of carbonyl (C=O) groups is 1. The average Bonchev–Trinajstić information content (AvgIpc) is 3.37. The van der Waals surface area contributed by atoms with E-state index in [-0.39, 0.29) is 29.3 Å². The van der Waals surface area contributed by atoms with E-state index in [1.54, 1.807) is 24.3 Å². The molecule has 0 aliphatic heterocycles. The van der Waals surface area contributed by atoms with Crippen molar-refractivity contribution in [1.82, 2.24) is 0 Å². The minimum atomic E-state index is -0.368. The topological polar surface area (TPSA) is 66.8 Å². The number of aromatic hydroxyl groups is 2. The van der Waals surface area contributed by atoms with Gasteiger partial charge in [0.05, 0.1) is 12.0 Å². The van der Waals surface area contributed by atoms with Crippen LogP contribution >= 0.6 is 0 Å². The van der Waals surface area contributed by atoms with Crippen LogP contribution in [0.2, 0.25) is 0 Å². The first-order valence-corrected chi connectivity index (χ1v) is 12.9. The van der Waals surface area contributed by atoms with Crippen molar-refractivity contribution in [1.29, 1.82) is 0 Å². The molecule has 3 aromatic carbocycles. The molecule has 184 valence electrons. The first kappa shape index (κ1) is 24.8. The molecule has 1 fully saturated rings. The number of ketones is 1. The van der Waals surface area contributed by atoms with Crippen molar-refractivity contribution in [3.05, 3.63) is 77.9 Å². The molecule has 1 aliphatic carbocycles. The maximum atomic E-state index is 13.4. The molecule has 1 aliphatic rings. The van der Waals surface area contributed by atoms with E-state index in [1.165, 1.54) is 0 Å². The van der Waals surface area contributed by atoms with Crippen molar-refractivity contribution in [2.75, 3.05) is 0 Å². The molecule has 35 heavy (non-hydrogen) atoms. The van der Waals surface area contributed by atoms with E-state index in [0.29, 0.717) is 12.2 Å². The van der Waals surface area contributed by atoms with Crippen LogP contribution in [0.15, 0.2) is 66.7 Å². The van der Waals surface area contributed by atoms with Gasteiger partial charge in [-0.2, -0.15) is 0 Å². The van der Waals surface area contributed by atoms with E-state index in [2.05, 4.69) is 6.92 Å². The predicted octanol–water partition coefficient (Wildman–Crippen LogP) is 7.60. The van der Waals surface area contributed by atoms with Gasteiger partial charge in [0, 0.05) is 0 Å². The number of ether oxygens (including phenoxy) is 1. The molecule has 3 aromatic rings. The third kappa shape index (κ3) is 6.66. The van der Waals surface area contributed by atoms with Gasteiger partial charge in [0.1, 0.15) is 5.75 Å². The lowest BCUT2D eigenvalue weighted by Crippen LogP contribution is -2.14. The predicted molar refractivity (Wildman–Crippen MR) is 141 cm³/mol. The van der Waals surface area contributed by atoms with Crippen molar-refractivity contribution < 1.29 is 19.7 Å². The van der Waals surface area contributed by atoms with Crippen LogP contribution in [0.1, 0.15) is 75.3 Å². The lowest BCUT2D eigenvalue weighted by atomic mass is 9.87. The van der Waals surface area contributed by atoms with Gasteiger partial charge in [-0.25, -0.2) is 0 Å². The lowest BCUT2D eigenvalue weighted by molar-refractivity contribution is -0.116. The highest BCUT2D eigenvalue weighted by Gasteiger charge is 2.22. The van der Waals surface area contributed by atoms with Gasteiger partial charge >= 0.3 is 0 Å². The number of unbranched alkanes of at least 4 members (excludes halogenated alkanes) is 3. The summed E-state index contributed by atoms with van der Waals surface area (Å²) < 4.78 is 6.09. The monoisotopic (exact) mass is 472 g/mol. The molecular formula is C31H36O4. The summed E-state index contributed by atoms with van der Waals surface area (Å²) >= 11 is 0. The van der Waals surface area contributed by atoms with Crippen LogP contribution in [0.5, 0.6) is 17.2 Å². The Morgan fingerprint density at radius 3 is 2.60 bits per heavy atom. The van der Waals surface area contributed by atoms with Crippen molar-refractivity contribution >= 4 is 16.6 Å². The first-order valence-electron chi connectivity index (χ1n) is 12.9. The summed E-state index contributed by atoms with van der Waals surface area (Å²) in [7, 11) is 0. The van der Waals surface area contributed by atoms with Crippen LogP contribution in [0.3, 0.4) is 0 Å². The van der Waals surface area contributed by atoms with Gasteiger partial charge in [-0.15, -0.1) is 0 Å². The van der Waals surface area contributed by atoms with E-state index < -0.39 is 0 Å². The molecule has 1 unspecified atom stereocenters. The third-order valence-corrected chi connectivity index (χ3v) is 6.91. The van der Waals surface area contributed by atoms with Gasteiger partial charge in [0.25, 0.3) is 0 Å². The number of hydrogen-bond acceptors (Lipinski definition) is 4. The number of phenolic OH excluding ortho intramolecular Hbond substituents is 2. The summed E-state index contributed by atoms with van der Waals surface area (Å²) in [4.78, 5) is 13.4. The quantitative estimate of drug-likeness (QED) is 0.223. The van der Waals surface area contributed by atoms with E-state index in [1.807, 2.05) is 42.5 Å². The molecule has 1 saturated carbocycles. The number of hydrogen-bond donors (Lipinski definition) is 2. The number of allylic oxidation sites excluding steroid dienone is 2. The minimum absolute atomic E-state index is 0.0623. The summed E-state index contributed by atoms with van der Waals surface area (Å²) in [5.41, 5.74) is 1.86. The second-order valence-corrected chi connectivity index (χ2v) is 9.67. The highest BCUT2D eigenvalue weighted by atomic mass is 16.5. The van der Waals surface area contributed by atoms with Gasteiger partial charge < -0.3 is 14.9 Å². The van der Waals surface area contributed by atoms with Crippen molar-refractivity contribution in [3.63, 3.8) is 0 Å². The fraction of sp³-hybridized carbons (Fsp3) is 0.387. The molecule has 0 bridgehead atoms. The Hall–Kier alpha value is -3.27. The normalized spacial score (nSPS) is 15.1. The summed E-state index contributed by atoms with van der Waals surface area (Å²) in [6.07, 6.45) is 13.0. The first-order chi connectivity index (χ1) is 17.0. The highest BCUT2D eigenvalue weighted by molar-refractivity contribution is 5.96. The van der Waals surface area contributed by atoms with Crippen molar-refractivity contribution in [2.45, 2.75) is 76.7 Å². The minimum Gasteiger partial charge on any atom is -0.508 e. The number of carbonyl (C=O) groups excluding carboxylic acids is 1. The van der Waals surface area contributed by atoms with Gasteiger partial charge in [-0.05, 0) is 97.2 Å². The Morgan fingerprint density at radius 2 is 1.80 bits per heavy atom. The van der Waals surface area contributed by atoms with Crippen LogP contribution in [0, 0.1) is 0 Å². The Kier molecular flexibility index (Phi) is 8.46. The van der Waals surface area contributed by atoms with Crippen molar-refractivity contribution in [2.24, 2.45) is 0 Å². The van der Waals surface area contributed by atoms with Crippen molar-refractivity contribution in [3.8, 4) is 17.2 Å². The van der Waals surface area contributed by atoms with E-state index in [9.17, 15) is 15.0 Å². The SMILES string of the molecule is CCCCCC=CC(=O)C(Cc1ccc(O)c(OC2CCCC2)c1)c1ccc2ccc(O)cc2c1. The van der Waals surface area contributed by atoms with Crippen LogP contribution in [0.4, 0.5) is 0 Å². The second kappa shape index (κ2) is 11.9. The maximum absolute atomic E-state index is 13.4. The number of rotatable bonds is 11. The summed E-state index contributed by atoms with van der Waals surface area (Å²) in [6.45, 7) is 2.17. The lowest BCUT2D eigenvalue weighted by Gasteiger charge is -2.18. The number of benzene rings is 3. The fourth-order valence-corrected chi connectivity index (χ4v) is 4.88. The zero-order valence-corrected chi connectivity index (χ0v) is 20.6. The smallest absolute Gasteiger partial charge is 0.163 e. The highest BCUT2D eigenvalue weighted by Crippen LogP contribution is 2.34. The molecular weight excluding hydrogens is 436 g/mol. The molecule has 4 nitrogen and oxygen atoms in total. The number of fused-ring (bicyclic) bond motifs is 1. The zero-order chi connectivity index (χ0) is 24.6. The largest absolute Gasteiger partial charge is 0.508 e. The molecule has 1 atom stereocenters. The van der Waals surface area contributed by atoms with Gasteiger partial charge in [0.15, 0.2) is 17.3 Å². The van der Waals surface area contributed by atoms with Gasteiger partial charge in [0.2, 0.25) is 0 Å². The second-order valence-electron chi connectivity index (χ2n) is 9.67. The molecule has 0 saturated heterocycles. The fourth-order valence-electron chi connectivity index (χ4n) is 4.88. The van der Waals surface area contributed by atoms with Gasteiger partial charge in [-0.1, -0.05) is 56.2 Å². The number of phenols is 2. The summed E-state index contributed by atoms with van der Waals surface area (Å²) in [6, 6.07) is 16.7. The van der Waals surface area contributed by atoms with E-state index >= 15 is 0 Å². The Bertz CT molecular complexity index is 1170. The van der Waals surface area contributed by atoms with Crippen LogP contribution < -0.4 is 4.74 Å². The maximum Gasteiger partial charge on any atom is 0.163 e. The summed E-state index contributed by atoms with van der Waals surface area (Å²) in [5.74, 6) is 0.542. The molecule has 0 heterocycles. The van der Waals surface area contributed by atoms with E-state index in [0.717, 1.165) is 73.3 Å². The zero-order valence-electron chi connectivity index (χ0n) is 20.6. The summed E-state index contributed by atoms with van der Waals surface area (Å²) in [5, 5.41) is 22.2. The molecule has 4 rings (SSSR count). The molecule has 0 aromatic heterocycles. The third-order valence-electron chi connectivity index (χ3n) is 6.91.